The summed E-state index contributed by atoms with van der Waals surface area (Å²) < 4.78 is 13.0. The SMILES string of the molecule is O=C(CN1CCC[C@@H](O)C1)Nc1ccccc1C(=O)Nc1ccc(F)cc1. The Morgan fingerprint density at radius 2 is 1.85 bits per heavy atom. The van der Waals surface area contributed by atoms with Gasteiger partial charge in [0.05, 0.1) is 23.9 Å². The number of hydrogen-bond donors (Lipinski definition) is 3. The van der Waals surface area contributed by atoms with Gasteiger partial charge >= 0.3 is 0 Å². The van der Waals surface area contributed by atoms with Gasteiger partial charge in [0.25, 0.3) is 5.91 Å². The molecule has 2 amide bonds. The van der Waals surface area contributed by atoms with Gasteiger partial charge < -0.3 is 15.7 Å². The van der Waals surface area contributed by atoms with E-state index in [1.165, 1.54) is 24.3 Å². The van der Waals surface area contributed by atoms with E-state index < -0.39 is 12.0 Å². The summed E-state index contributed by atoms with van der Waals surface area (Å²) in [5.41, 5.74) is 1.18. The maximum Gasteiger partial charge on any atom is 0.257 e. The fourth-order valence-electron chi connectivity index (χ4n) is 3.09. The van der Waals surface area contributed by atoms with Crippen LogP contribution >= 0.6 is 0 Å². The highest BCUT2D eigenvalue weighted by Crippen LogP contribution is 2.18. The third kappa shape index (κ3) is 5.35. The molecule has 0 bridgehead atoms. The zero-order valence-electron chi connectivity index (χ0n) is 14.8. The molecule has 2 aromatic carbocycles. The minimum absolute atomic E-state index is 0.158. The Labute approximate surface area is 157 Å². The molecule has 3 N–H and O–H groups in total. The van der Waals surface area contributed by atoms with Crippen molar-refractivity contribution < 1.29 is 19.1 Å². The molecule has 7 heteroatoms. The van der Waals surface area contributed by atoms with Crippen LogP contribution in [0.15, 0.2) is 48.5 Å². The molecule has 3 rings (SSSR count). The second-order valence-corrected chi connectivity index (χ2v) is 6.59. The smallest absolute Gasteiger partial charge is 0.257 e. The molecule has 0 unspecified atom stereocenters. The highest BCUT2D eigenvalue weighted by Gasteiger charge is 2.20. The maximum atomic E-state index is 13.0. The number of amides is 2. The van der Waals surface area contributed by atoms with E-state index in [2.05, 4.69) is 10.6 Å². The Kier molecular flexibility index (Phi) is 6.16. The molecule has 142 valence electrons. The lowest BCUT2D eigenvalue weighted by atomic mass is 10.1. The van der Waals surface area contributed by atoms with Crippen LogP contribution in [0.2, 0.25) is 0 Å². The van der Waals surface area contributed by atoms with E-state index >= 15 is 0 Å². The highest BCUT2D eigenvalue weighted by molar-refractivity contribution is 6.10. The number of benzene rings is 2. The molecule has 6 nitrogen and oxygen atoms in total. The molecule has 1 aliphatic rings. The van der Waals surface area contributed by atoms with Gasteiger partial charge in [-0.05, 0) is 55.8 Å². The Bertz CT molecular complexity index is 810. The van der Waals surface area contributed by atoms with Gasteiger partial charge in [-0.2, -0.15) is 0 Å². The third-order valence-corrected chi connectivity index (χ3v) is 4.40. The second-order valence-electron chi connectivity index (χ2n) is 6.59. The van der Waals surface area contributed by atoms with Crippen molar-refractivity contribution >= 4 is 23.2 Å². The van der Waals surface area contributed by atoms with Crippen LogP contribution in [0.5, 0.6) is 0 Å². The van der Waals surface area contributed by atoms with E-state index in [-0.39, 0.29) is 18.3 Å². The predicted octanol–water partition coefficient (Wildman–Crippen LogP) is 2.47. The van der Waals surface area contributed by atoms with Crippen LogP contribution in [0.4, 0.5) is 15.8 Å². The number of rotatable bonds is 5. The molecule has 0 aliphatic carbocycles. The number of carbonyl (C=O) groups is 2. The van der Waals surface area contributed by atoms with E-state index in [9.17, 15) is 19.1 Å². The molecular formula is C20H22FN3O3. The van der Waals surface area contributed by atoms with Crippen molar-refractivity contribution in [1.29, 1.82) is 0 Å². The summed E-state index contributed by atoms with van der Waals surface area (Å²) in [4.78, 5) is 26.8. The zero-order chi connectivity index (χ0) is 19.2. The van der Waals surface area contributed by atoms with Crippen LogP contribution in [0.3, 0.4) is 0 Å². The van der Waals surface area contributed by atoms with Crippen molar-refractivity contribution in [2.45, 2.75) is 18.9 Å². The van der Waals surface area contributed by atoms with E-state index in [4.69, 9.17) is 0 Å². The number of piperidine rings is 1. The average molecular weight is 371 g/mol. The molecule has 0 saturated carbocycles. The zero-order valence-corrected chi connectivity index (χ0v) is 14.8. The lowest BCUT2D eigenvalue weighted by molar-refractivity contribution is -0.118. The molecule has 1 atom stereocenters. The average Bonchev–Trinajstić information content (AvgIpc) is 2.64. The van der Waals surface area contributed by atoms with Crippen LogP contribution in [0, 0.1) is 5.82 Å². The lowest BCUT2D eigenvalue weighted by Gasteiger charge is -2.29. The molecule has 2 aromatic rings. The van der Waals surface area contributed by atoms with Gasteiger partial charge in [0, 0.05) is 12.2 Å². The van der Waals surface area contributed by atoms with Crippen LogP contribution in [0.25, 0.3) is 0 Å². The first-order chi connectivity index (χ1) is 13.0. The van der Waals surface area contributed by atoms with E-state index in [0.29, 0.717) is 23.5 Å². The first-order valence-electron chi connectivity index (χ1n) is 8.87. The summed E-state index contributed by atoms with van der Waals surface area (Å²) in [7, 11) is 0. The Hall–Kier alpha value is -2.77. The molecule has 1 aliphatic heterocycles. The number of β-amino-alcohol motifs (C(OH)–C–C–N with tert-alkyl or cyclic N) is 1. The number of para-hydroxylation sites is 1. The van der Waals surface area contributed by atoms with Crippen LogP contribution in [-0.2, 0) is 4.79 Å². The first kappa shape index (κ1) is 19.0. The van der Waals surface area contributed by atoms with Crippen LogP contribution in [0.1, 0.15) is 23.2 Å². The molecular weight excluding hydrogens is 349 g/mol. The normalized spacial score (nSPS) is 17.3. The highest BCUT2D eigenvalue weighted by atomic mass is 19.1. The minimum Gasteiger partial charge on any atom is -0.392 e. The topological polar surface area (TPSA) is 81.7 Å². The van der Waals surface area contributed by atoms with Crippen molar-refractivity contribution in [2.24, 2.45) is 0 Å². The number of nitrogens with one attached hydrogen (secondary N) is 2. The van der Waals surface area contributed by atoms with Gasteiger partial charge in [-0.3, -0.25) is 14.5 Å². The Balaban J connectivity index is 1.65. The molecule has 1 heterocycles. The number of aliphatic hydroxyl groups is 1. The summed E-state index contributed by atoms with van der Waals surface area (Å²) in [6.45, 7) is 1.39. The molecule has 1 fully saturated rings. The second kappa shape index (κ2) is 8.75. The molecule has 0 spiro atoms. The van der Waals surface area contributed by atoms with E-state index in [1.807, 2.05) is 4.90 Å². The first-order valence-corrected chi connectivity index (χ1v) is 8.87. The molecule has 1 saturated heterocycles. The van der Waals surface area contributed by atoms with Crippen LogP contribution in [-0.4, -0.2) is 47.6 Å². The number of halogens is 1. The lowest BCUT2D eigenvalue weighted by Crippen LogP contribution is -2.42. The monoisotopic (exact) mass is 371 g/mol. The van der Waals surface area contributed by atoms with Crippen molar-refractivity contribution in [2.75, 3.05) is 30.3 Å². The molecule has 27 heavy (non-hydrogen) atoms. The standard InChI is InChI=1S/C20H22FN3O3/c21-14-7-9-15(10-8-14)22-20(27)17-5-1-2-6-18(17)23-19(26)13-24-11-3-4-16(25)12-24/h1-2,5-10,16,25H,3-4,11-13H2,(H,22,27)(H,23,26)/t16-/m1/s1. The Morgan fingerprint density at radius 1 is 1.11 bits per heavy atom. The number of carbonyl (C=O) groups excluding carboxylic acids is 2. The van der Waals surface area contributed by atoms with Crippen LogP contribution < -0.4 is 10.6 Å². The van der Waals surface area contributed by atoms with E-state index in [1.54, 1.807) is 24.3 Å². The quantitative estimate of drug-likeness (QED) is 0.754. The molecule has 0 aromatic heterocycles. The molecule has 0 radical (unpaired) electrons. The minimum atomic E-state index is -0.402. The van der Waals surface area contributed by atoms with Gasteiger partial charge in [-0.25, -0.2) is 4.39 Å². The van der Waals surface area contributed by atoms with Gasteiger partial charge in [0.1, 0.15) is 5.82 Å². The third-order valence-electron chi connectivity index (χ3n) is 4.40. The summed E-state index contributed by atoms with van der Waals surface area (Å²) in [6.07, 6.45) is 1.20. The van der Waals surface area contributed by atoms with Gasteiger partial charge in [0.2, 0.25) is 5.91 Å². The van der Waals surface area contributed by atoms with Crippen molar-refractivity contribution in [1.82, 2.24) is 4.90 Å². The van der Waals surface area contributed by atoms with Gasteiger partial charge in [0.15, 0.2) is 0 Å². The number of likely N-dealkylation sites (tertiary alicyclic amines) is 1. The van der Waals surface area contributed by atoms with Crippen molar-refractivity contribution in [3.63, 3.8) is 0 Å². The van der Waals surface area contributed by atoms with Crippen molar-refractivity contribution in [3.05, 3.63) is 59.9 Å². The largest absolute Gasteiger partial charge is 0.392 e. The fraction of sp³-hybridized carbons (Fsp3) is 0.300. The summed E-state index contributed by atoms with van der Waals surface area (Å²) in [5.74, 6) is -1.03. The predicted molar refractivity (Wildman–Crippen MR) is 101 cm³/mol. The number of anilines is 2. The van der Waals surface area contributed by atoms with Crippen molar-refractivity contribution in [3.8, 4) is 0 Å². The van der Waals surface area contributed by atoms with Gasteiger partial charge in [-0.15, -0.1) is 0 Å². The number of hydrogen-bond acceptors (Lipinski definition) is 4. The summed E-state index contributed by atoms with van der Waals surface area (Å²) in [5, 5.41) is 15.2. The number of aliphatic hydroxyl groups excluding tert-OH is 1. The van der Waals surface area contributed by atoms with E-state index in [0.717, 1.165) is 19.4 Å². The Morgan fingerprint density at radius 3 is 2.59 bits per heavy atom. The summed E-state index contributed by atoms with van der Waals surface area (Å²) >= 11 is 0. The summed E-state index contributed by atoms with van der Waals surface area (Å²) in [6, 6.07) is 12.2. The number of nitrogens with zero attached hydrogens (tertiary/aromatic N) is 1. The maximum absolute atomic E-state index is 13.0. The van der Waals surface area contributed by atoms with Gasteiger partial charge in [-0.1, -0.05) is 12.1 Å². The fourth-order valence-corrected chi connectivity index (χ4v) is 3.09.